The second-order valence-electron chi connectivity index (χ2n) is 20.6. The first-order valence-corrected chi connectivity index (χ1v) is 26.1. The molecule has 442 valence electrons. The van der Waals surface area contributed by atoms with Crippen LogP contribution in [-0.4, -0.2) is 159 Å². The van der Waals surface area contributed by atoms with Crippen molar-refractivity contribution in [3.63, 3.8) is 0 Å². The van der Waals surface area contributed by atoms with Gasteiger partial charge in [0, 0.05) is 19.4 Å². The zero-order chi connectivity index (χ0) is 60.3. The van der Waals surface area contributed by atoms with Crippen molar-refractivity contribution in [1.82, 2.24) is 47.9 Å². The molecule has 1 aromatic rings. The summed E-state index contributed by atoms with van der Waals surface area (Å²) in [5.41, 5.74) is 17.4. The van der Waals surface area contributed by atoms with Crippen LogP contribution in [0.15, 0.2) is 35.3 Å². The summed E-state index contributed by atoms with van der Waals surface area (Å²) in [6, 6.07) is -5.48. The summed E-state index contributed by atoms with van der Waals surface area (Å²) >= 11 is 0. The monoisotopic (exact) mass is 1120 g/mol. The summed E-state index contributed by atoms with van der Waals surface area (Å²) in [6.07, 6.45) is -1.73. The van der Waals surface area contributed by atoms with Gasteiger partial charge in [-0.05, 0) is 82.6 Å². The highest BCUT2D eigenvalue weighted by atomic mass is 16.4. The Kier molecular flexibility index (Phi) is 30.4. The van der Waals surface area contributed by atoms with Crippen molar-refractivity contribution in [1.29, 1.82) is 0 Å². The Morgan fingerprint density at radius 1 is 0.456 bits per heavy atom. The van der Waals surface area contributed by atoms with Crippen molar-refractivity contribution in [3.8, 4) is 0 Å². The molecule has 9 amide bonds. The highest BCUT2D eigenvalue weighted by molar-refractivity contribution is 5.99. The highest BCUT2D eigenvalue weighted by Crippen LogP contribution is 2.12. The van der Waals surface area contributed by atoms with E-state index in [4.69, 9.17) is 17.2 Å². The van der Waals surface area contributed by atoms with Gasteiger partial charge < -0.3 is 80.4 Å². The number of carbonyl (C=O) groups excluding carboxylic acids is 9. The number of guanidine groups is 1. The van der Waals surface area contributed by atoms with Gasteiger partial charge in [0.1, 0.15) is 54.4 Å². The normalized spacial score (nSPS) is 14.9. The smallest absolute Gasteiger partial charge is 0.326 e. The number of nitrogens with two attached hydrogens (primary N) is 3. The van der Waals surface area contributed by atoms with Crippen LogP contribution in [0.5, 0.6) is 0 Å². The molecular formula is C51H83N13O15. The Labute approximate surface area is 459 Å². The van der Waals surface area contributed by atoms with Crippen LogP contribution < -0.4 is 65.1 Å². The van der Waals surface area contributed by atoms with Crippen molar-refractivity contribution < 1.29 is 72.9 Å². The standard InChI is InChI=1S/C51H83N13O15/c1-25(2)20-34(46(74)57-28(7)41(69)56-29(8)43(71)64-38(50(78)79)22-27(5)6)62-45(73)33(17-18-39(65)66)59-49(77)37(24-40(67)68)60-42(70)30(9)58-47(75)36(23-31-14-11-10-12-15-31)63-48(76)35(21-26(3)4)61-44(72)32(52)16-13-19-55-51(53)54/h10-12,14-15,25-30,32-38H,13,16-24,52H2,1-9H3,(H,56,69)(H,57,74)(H,58,75)(H,59,77)(H,60,70)(H,61,72)(H,62,73)(H,63,76)(H,64,71)(H,65,66)(H,67,68)(H,78,79)(H4,53,54,55)/t28-,29-,30-,32-,33-,34-,35-,36-,37-,38-/m0/s1. The number of hydrogen-bond donors (Lipinski definition) is 15. The van der Waals surface area contributed by atoms with E-state index in [1.165, 1.54) is 20.8 Å². The van der Waals surface area contributed by atoms with Crippen LogP contribution in [-0.2, 0) is 64.0 Å². The van der Waals surface area contributed by atoms with Gasteiger partial charge in [-0.2, -0.15) is 0 Å². The molecule has 1 aromatic carbocycles. The summed E-state index contributed by atoms with van der Waals surface area (Å²) in [7, 11) is 0. The third-order valence-electron chi connectivity index (χ3n) is 11.8. The molecule has 0 radical (unpaired) electrons. The number of amides is 9. The summed E-state index contributed by atoms with van der Waals surface area (Å²) in [4.78, 5) is 161. The van der Waals surface area contributed by atoms with E-state index in [0.717, 1.165) is 0 Å². The van der Waals surface area contributed by atoms with Gasteiger partial charge in [0.05, 0.1) is 12.5 Å². The van der Waals surface area contributed by atoms with Gasteiger partial charge in [-0.1, -0.05) is 71.9 Å². The van der Waals surface area contributed by atoms with Crippen LogP contribution in [0, 0.1) is 17.8 Å². The Balaban J connectivity index is 3.32. The molecule has 0 aliphatic heterocycles. The molecule has 18 N–H and O–H groups in total. The van der Waals surface area contributed by atoms with Gasteiger partial charge in [-0.25, -0.2) is 4.79 Å². The topological polar surface area (TPSA) is 464 Å². The van der Waals surface area contributed by atoms with E-state index in [9.17, 15) is 72.9 Å². The second kappa shape index (κ2) is 34.8. The van der Waals surface area contributed by atoms with E-state index in [0.29, 0.717) is 12.0 Å². The van der Waals surface area contributed by atoms with Crippen LogP contribution in [0.25, 0.3) is 0 Å². The average Bonchev–Trinajstić information content (AvgIpc) is 3.34. The fourth-order valence-electron chi connectivity index (χ4n) is 7.58. The maximum atomic E-state index is 14.0. The van der Waals surface area contributed by atoms with Crippen LogP contribution in [0.2, 0.25) is 0 Å². The predicted molar refractivity (Wildman–Crippen MR) is 288 cm³/mol. The van der Waals surface area contributed by atoms with E-state index in [-0.39, 0.29) is 62.4 Å². The lowest BCUT2D eigenvalue weighted by Crippen LogP contribution is -2.60. The van der Waals surface area contributed by atoms with E-state index in [1.54, 1.807) is 58.0 Å². The first kappa shape index (κ1) is 69.1. The predicted octanol–water partition coefficient (Wildman–Crippen LogP) is -2.40. The maximum absolute atomic E-state index is 14.0. The third-order valence-corrected chi connectivity index (χ3v) is 11.8. The number of carbonyl (C=O) groups is 12. The van der Waals surface area contributed by atoms with E-state index in [1.807, 2.05) is 13.8 Å². The molecule has 0 aliphatic carbocycles. The summed E-state index contributed by atoms with van der Waals surface area (Å²) in [5.74, 6) is -13.2. The van der Waals surface area contributed by atoms with Gasteiger partial charge >= 0.3 is 17.9 Å². The number of nitrogens with zero attached hydrogens (tertiary/aromatic N) is 1. The molecule has 0 spiro atoms. The minimum absolute atomic E-state index is 0.0542. The van der Waals surface area contributed by atoms with E-state index >= 15 is 0 Å². The molecule has 0 bridgehead atoms. The minimum atomic E-state index is -1.94. The zero-order valence-electron chi connectivity index (χ0n) is 46.4. The molecule has 0 saturated heterocycles. The van der Waals surface area contributed by atoms with Crippen molar-refractivity contribution >= 4 is 77.0 Å². The molecule has 79 heavy (non-hydrogen) atoms. The summed E-state index contributed by atoms with van der Waals surface area (Å²) in [5, 5.41) is 50.7. The first-order chi connectivity index (χ1) is 36.8. The van der Waals surface area contributed by atoms with Crippen LogP contribution >= 0.6 is 0 Å². The molecule has 0 heterocycles. The third kappa shape index (κ3) is 27.8. The van der Waals surface area contributed by atoms with Gasteiger partial charge in [0.15, 0.2) is 5.96 Å². The van der Waals surface area contributed by atoms with Crippen LogP contribution in [0.1, 0.15) is 119 Å². The summed E-state index contributed by atoms with van der Waals surface area (Å²) in [6.45, 7) is 14.5. The molecule has 0 aliphatic rings. The van der Waals surface area contributed by atoms with Gasteiger partial charge in [-0.3, -0.25) is 57.7 Å². The Morgan fingerprint density at radius 3 is 1.30 bits per heavy atom. The lowest BCUT2D eigenvalue weighted by atomic mass is 10.00. The van der Waals surface area contributed by atoms with Crippen molar-refractivity contribution in [2.75, 3.05) is 6.54 Å². The zero-order valence-corrected chi connectivity index (χ0v) is 46.4. The number of rotatable bonds is 36. The number of benzene rings is 1. The Bertz CT molecular complexity index is 2300. The number of aliphatic imine (C=N–C) groups is 1. The lowest BCUT2D eigenvalue weighted by molar-refractivity contribution is -0.143. The van der Waals surface area contributed by atoms with E-state index < -0.39 is 151 Å². The van der Waals surface area contributed by atoms with Gasteiger partial charge in [0.25, 0.3) is 0 Å². The lowest BCUT2D eigenvalue weighted by Gasteiger charge is -2.27. The largest absolute Gasteiger partial charge is 0.481 e. The minimum Gasteiger partial charge on any atom is -0.481 e. The molecule has 28 heteroatoms. The van der Waals surface area contributed by atoms with Crippen molar-refractivity contribution in [3.05, 3.63) is 35.9 Å². The molecule has 0 fully saturated rings. The highest BCUT2D eigenvalue weighted by Gasteiger charge is 2.35. The Hall–Kier alpha value is -7.91. The van der Waals surface area contributed by atoms with Crippen molar-refractivity contribution in [2.24, 2.45) is 39.9 Å². The molecule has 0 saturated carbocycles. The SMILES string of the molecule is CC(C)C[C@H](NC(=O)[C@H](C)NC(=O)[C@H](C)NC(=O)[C@H](CC(C)C)NC(=O)[C@H](CCC(=O)O)NC(=O)[C@H](CC(=O)O)NC(=O)[C@H](C)NC(=O)[C@H](Cc1ccccc1)NC(=O)[C@H](CC(C)C)NC(=O)[C@@H](N)CCCN=C(N)N)C(=O)O. The number of aliphatic carboxylic acids is 3. The number of nitrogens with one attached hydrogen (secondary N) is 9. The second-order valence-corrected chi connectivity index (χ2v) is 20.6. The molecule has 0 unspecified atom stereocenters. The van der Waals surface area contributed by atoms with Gasteiger partial charge in [-0.15, -0.1) is 0 Å². The number of carboxylic acids is 3. The molecular weight excluding hydrogens is 1030 g/mol. The fourth-order valence-corrected chi connectivity index (χ4v) is 7.58. The average molecular weight is 1120 g/mol. The number of carboxylic acid groups (broad SMARTS) is 3. The Morgan fingerprint density at radius 2 is 0.835 bits per heavy atom. The molecule has 1 rings (SSSR count). The summed E-state index contributed by atoms with van der Waals surface area (Å²) < 4.78 is 0. The quantitative estimate of drug-likeness (QED) is 0.0189. The fraction of sp³-hybridized carbons (Fsp3) is 0.627. The molecule has 0 aromatic heterocycles. The first-order valence-electron chi connectivity index (χ1n) is 26.1. The number of hydrogen-bond acceptors (Lipinski definition) is 14. The van der Waals surface area contributed by atoms with Crippen molar-refractivity contribution in [2.45, 2.75) is 181 Å². The van der Waals surface area contributed by atoms with Crippen LogP contribution in [0.4, 0.5) is 0 Å². The molecule has 28 nitrogen and oxygen atoms in total. The van der Waals surface area contributed by atoms with Gasteiger partial charge in [0.2, 0.25) is 53.2 Å². The maximum Gasteiger partial charge on any atom is 0.326 e. The molecule has 10 atom stereocenters. The van der Waals surface area contributed by atoms with E-state index in [2.05, 4.69) is 52.8 Å². The van der Waals surface area contributed by atoms with Crippen LogP contribution in [0.3, 0.4) is 0 Å².